The van der Waals surface area contributed by atoms with E-state index in [0.29, 0.717) is 5.92 Å². The summed E-state index contributed by atoms with van der Waals surface area (Å²) in [6, 6.07) is 1.84. The van der Waals surface area contributed by atoms with E-state index >= 15 is 0 Å². The monoisotopic (exact) mass is 222 g/mol. The van der Waals surface area contributed by atoms with E-state index in [0.717, 1.165) is 25.9 Å². The van der Waals surface area contributed by atoms with Crippen LogP contribution in [0.4, 0.5) is 0 Å². The van der Waals surface area contributed by atoms with Crippen LogP contribution in [0.3, 0.4) is 0 Å². The topological polar surface area (TPSA) is 72.9 Å². The van der Waals surface area contributed by atoms with Crippen LogP contribution in [0, 0.1) is 0 Å². The number of hydrogen-bond donors (Lipinski definition) is 2. The van der Waals surface area contributed by atoms with E-state index in [1.165, 1.54) is 5.69 Å². The van der Waals surface area contributed by atoms with Gasteiger partial charge in [0.05, 0.1) is 6.04 Å². The van der Waals surface area contributed by atoms with Gasteiger partial charge in [-0.3, -0.25) is 9.48 Å². The maximum Gasteiger partial charge on any atom is 0.234 e. The zero-order valence-corrected chi connectivity index (χ0v) is 9.52. The molecule has 1 aliphatic rings. The average Bonchev–Trinajstić information content (AvgIpc) is 2.77. The molecule has 16 heavy (non-hydrogen) atoms. The predicted molar refractivity (Wildman–Crippen MR) is 60.9 cm³/mol. The van der Waals surface area contributed by atoms with Gasteiger partial charge in [0.15, 0.2) is 0 Å². The van der Waals surface area contributed by atoms with E-state index in [4.69, 9.17) is 5.73 Å². The van der Waals surface area contributed by atoms with Gasteiger partial charge in [-0.2, -0.15) is 5.10 Å². The van der Waals surface area contributed by atoms with Gasteiger partial charge in [0.25, 0.3) is 0 Å². The summed E-state index contributed by atoms with van der Waals surface area (Å²) >= 11 is 0. The van der Waals surface area contributed by atoms with E-state index in [2.05, 4.69) is 17.3 Å². The van der Waals surface area contributed by atoms with Crippen LogP contribution in [0.2, 0.25) is 0 Å². The van der Waals surface area contributed by atoms with E-state index in [-0.39, 0.29) is 11.9 Å². The van der Waals surface area contributed by atoms with Gasteiger partial charge in [0, 0.05) is 24.4 Å². The highest BCUT2D eigenvalue weighted by Crippen LogP contribution is 2.27. The molecule has 0 aromatic carbocycles. The summed E-state index contributed by atoms with van der Waals surface area (Å²) in [5.41, 5.74) is 6.55. The van der Waals surface area contributed by atoms with Crippen LogP contribution in [0.1, 0.15) is 31.4 Å². The summed E-state index contributed by atoms with van der Waals surface area (Å²) in [6.07, 6.45) is 3.64. The summed E-state index contributed by atoms with van der Waals surface area (Å²) in [5, 5.41) is 7.40. The van der Waals surface area contributed by atoms with E-state index < -0.39 is 0 Å². The third-order valence-electron chi connectivity index (χ3n) is 3.21. The Labute approximate surface area is 95.0 Å². The van der Waals surface area contributed by atoms with Crippen molar-refractivity contribution in [1.82, 2.24) is 15.1 Å². The Kier molecular flexibility index (Phi) is 3.24. The fourth-order valence-corrected chi connectivity index (χ4v) is 2.36. The van der Waals surface area contributed by atoms with Gasteiger partial charge in [-0.15, -0.1) is 0 Å². The normalized spacial score (nSPS) is 25.6. The minimum Gasteiger partial charge on any atom is -0.368 e. The number of nitrogens with two attached hydrogens (primary N) is 1. The molecule has 0 aliphatic carbocycles. The van der Waals surface area contributed by atoms with Crippen molar-refractivity contribution in [3.8, 4) is 0 Å². The number of amides is 1. The molecule has 2 atom stereocenters. The molecule has 1 fully saturated rings. The number of hydrogen-bond acceptors (Lipinski definition) is 3. The highest BCUT2D eigenvalue weighted by molar-refractivity contribution is 5.80. The maximum atomic E-state index is 11.2. The van der Waals surface area contributed by atoms with Crippen molar-refractivity contribution in [3.05, 3.63) is 18.0 Å². The Morgan fingerprint density at radius 3 is 3.25 bits per heavy atom. The lowest BCUT2D eigenvalue weighted by molar-refractivity contribution is -0.120. The van der Waals surface area contributed by atoms with Crippen LogP contribution in [-0.4, -0.2) is 28.3 Å². The summed E-state index contributed by atoms with van der Waals surface area (Å²) in [7, 11) is 0. The summed E-state index contributed by atoms with van der Waals surface area (Å²) in [5.74, 6) is 0.133. The zero-order valence-electron chi connectivity index (χ0n) is 9.52. The van der Waals surface area contributed by atoms with Gasteiger partial charge in [0.1, 0.15) is 0 Å². The fourth-order valence-electron chi connectivity index (χ4n) is 2.36. The molecule has 1 saturated heterocycles. The predicted octanol–water partition coefficient (Wildman–Crippen LogP) is 0.224. The van der Waals surface area contributed by atoms with Gasteiger partial charge >= 0.3 is 0 Å². The molecule has 1 aromatic rings. The van der Waals surface area contributed by atoms with E-state index in [9.17, 15) is 4.79 Å². The highest BCUT2D eigenvalue weighted by Gasteiger charge is 2.27. The Balaban J connectivity index is 2.12. The lowest BCUT2D eigenvalue weighted by Gasteiger charge is -2.28. The molecule has 1 aromatic heterocycles. The smallest absolute Gasteiger partial charge is 0.234 e. The largest absolute Gasteiger partial charge is 0.368 e. The van der Waals surface area contributed by atoms with Crippen molar-refractivity contribution in [1.29, 1.82) is 0 Å². The third kappa shape index (κ3) is 2.09. The van der Waals surface area contributed by atoms with Crippen molar-refractivity contribution in [2.75, 3.05) is 6.54 Å². The minimum atomic E-state index is -0.257. The third-order valence-corrected chi connectivity index (χ3v) is 3.21. The van der Waals surface area contributed by atoms with E-state index in [1.54, 1.807) is 0 Å². The number of rotatable bonds is 3. The van der Waals surface area contributed by atoms with Crippen LogP contribution in [0.25, 0.3) is 0 Å². The summed E-state index contributed by atoms with van der Waals surface area (Å²) < 4.78 is 1.99. The molecule has 2 rings (SSSR count). The molecule has 0 bridgehead atoms. The first-order chi connectivity index (χ1) is 7.72. The van der Waals surface area contributed by atoms with Gasteiger partial charge in [0.2, 0.25) is 5.91 Å². The molecule has 2 heterocycles. The first-order valence-corrected chi connectivity index (χ1v) is 5.76. The standard InChI is InChI=1S/C11H18N4O/c1-2-15-10(4-6-14-15)8-3-5-13-9(7-8)11(12)16/h4,6,8-9,13H,2-3,5,7H2,1H3,(H2,12,16). The number of aryl methyl sites for hydroxylation is 1. The molecule has 2 unspecified atom stereocenters. The van der Waals surface area contributed by atoms with Crippen molar-refractivity contribution < 1.29 is 4.79 Å². The Bertz CT molecular complexity index is 374. The number of piperidine rings is 1. The van der Waals surface area contributed by atoms with Crippen LogP contribution >= 0.6 is 0 Å². The van der Waals surface area contributed by atoms with Crippen molar-refractivity contribution in [2.24, 2.45) is 5.73 Å². The molecule has 3 N–H and O–H groups in total. The molecular formula is C11H18N4O. The number of nitrogens with one attached hydrogen (secondary N) is 1. The quantitative estimate of drug-likeness (QED) is 0.768. The van der Waals surface area contributed by atoms with Crippen LogP contribution in [0.5, 0.6) is 0 Å². The second-order valence-corrected chi connectivity index (χ2v) is 4.20. The molecule has 0 radical (unpaired) electrons. The summed E-state index contributed by atoms with van der Waals surface area (Å²) in [4.78, 5) is 11.2. The number of nitrogens with zero attached hydrogens (tertiary/aromatic N) is 2. The number of primary amides is 1. The summed E-state index contributed by atoms with van der Waals surface area (Å²) in [6.45, 7) is 3.78. The molecule has 0 spiro atoms. The zero-order chi connectivity index (χ0) is 11.5. The van der Waals surface area contributed by atoms with Crippen LogP contribution < -0.4 is 11.1 Å². The molecule has 1 amide bonds. The maximum absolute atomic E-state index is 11.2. The lowest BCUT2D eigenvalue weighted by atomic mass is 9.89. The second kappa shape index (κ2) is 4.65. The van der Waals surface area contributed by atoms with Gasteiger partial charge in [-0.25, -0.2) is 0 Å². The minimum absolute atomic E-state index is 0.195. The van der Waals surface area contributed by atoms with E-state index in [1.807, 2.05) is 16.9 Å². The molecule has 88 valence electrons. The fraction of sp³-hybridized carbons (Fsp3) is 0.636. The Morgan fingerprint density at radius 2 is 2.56 bits per heavy atom. The Morgan fingerprint density at radius 1 is 1.75 bits per heavy atom. The van der Waals surface area contributed by atoms with Crippen molar-refractivity contribution in [2.45, 2.75) is 38.3 Å². The van der Waals surface area contributed by atoms with Crippen molar-refractivity contribution in [3.63, 3.8) is 0 Å². The highest BCUT2D eigenvalue weighted by atomic mass is 16.1. The number of carbonyl (C=O) groups excluding carboxylic acids is 1. The van der Waals surface area contributed by atoms with Gasteiger partial charge < -0.3 is 11.1 Å². The van der Waals surface area contributed by atoms with Crippen LogP contribution in [0.15, 0.2) is 12.3 Å². The Hall–Kier alpha value is -1.36. The lowest BCUT2D eigenvalue weighted by Crippen LogP contribution is -2.46. The van der Waals surface area contributed by atoms with Crippen LogP contribution in [-0.2, 0) is 11.3 Å². The number of carbonyl (C=O) groups is 1. The van der Waals surface area contributed by atoms with Gasteiger partial charge in [-0.05, 0) is 32.4 Å². The molecule has 5 nitrogen and oxygen atoms in total. The molecule has 5 heteroatoms. The second-order valence-electron chi connectivity index (χ2n) is 4.20. The molecular weight excluding hydrogens is 204 g/mol. The van der Waals surface area contributed by atoms with Crippen molar-refractivity contribution >= 4 is 5.91 Å². The first-order valence-electron chi connectivity index (χ1n) is 5.76. The SMILES string of the molecule is CCn1nccc1C1CCNC(C(N)=O)C1. The van der Waals surface area contributed by atoms with Gasteiger partial charge in [-0.1, -0.05) is 0 Å². The first kappa shape index (κ1) is 11.1. The molecule has 0 saturated carbocycles. The molecule has 1 aliphatic heterocycles. The average molecular weight is 222 g/mol. The number of aromatic nitrogens is 2.